The van der Waals surface area contributed by atoms with Crippen LogP contribution in [0.25, 0.3) is 11.3 Å². The molecule has 0 saturated carbocycles. The zero-order valence-electron chi connectivity index (χ0n) is 8.46. The Bertz CT molecular complexity index is 475. The lowest BCUT2D eigenvalue weighted by Crippen LogP contribution is -2.45. The van der Waals surface area contributed by atoms with Crippen molar-refractivity contribution in [1.82, 2.24) is 0 Å². The SMILES string of the molecule is C[Si](C)(C)c1c2ccocc-2oc1=O. The standard InChI is InChI=1S/C10H12O3Si/c1-14(2,3)9-7-4-5-12-6-8(7)13-10(9)11/h4-6H,1-3H3. The summed E-state index contributed by atoms with van der Waals surface area (Å²) in [6.07, 6.45) is 3.04. The van der Waals surface area contributed by atoms with E-state index >= 15 is 0 Å². The van der Waals surface area contributed by atoms with Crippen LogP contribution >= 0.6 is 0 Å². The molecule has 3 nitrogen and oxygen atoms in total. The van der Waals surface area contributed by atoms with Crippen LogP contribution in [0, 0.1) is 0 Å². The lowest BCUT2D eigenvalue weighted by atomic mass is 10.2. The molecule has 2 rings (SSSR count). The smallest absolute Gasteiger partial charge is 0.336 e. The van der Waals surface area contributed by atoms with E-state index < -0.39 is 8.07 Å². The second-order valence-electron chi connectivity index (χ2n) is 4.35. The lowest BCUT2D eigenvalue weighted by molar-refractivity contribution is 0.494. The number of fused-ring (bicyclic) bond motifs is 1. The van der Waals surface area contributed by atoms with Gasteiger partial charge in [-0.05, 0) is 6.07 Å². The Labute approximate surface area is 82.7 Å². The Morgan fingerprint density at radius 3 is 2.64 bits per heavy atom. The molecule has 0 unspecified atom stereocenters. The van der Waals surface area contributed by atoms with Crippen molar-refractivity contribution >= 4 is 13.3 Å². The summed E-state index contributed by atoms with van der Waals surface area (Å²) in [6.45, 7) is 6.38. The summed E-state index contributed by atoms with van der Waals surface area (Å²) in [4.78, 5) is 11.6. The Morgan fingerprint density at radius 1 is 1.29 bits per heavy atom. The van der Waals surface area contributed by atoms with Gasteiger partial charge in [-0.1, -0.05) is 19.6 Å². The molecule has 2 aliphatic heterocycles. The molecule has 0 bridgehead atoms. The monoisotopic (exact) mass is 208 g/mol. The number of hydrogen-bond donors (Lipinski definition) is 0. The highest BCUT2D eigenvalue weighted by Crippen LogP contribution is 2.20. The number of hydrogen-bond acceptors (Lipinski definition) is 3. The van der Waals surface area contributed by atoms with Crippen molar-refractivity contribution in [2.45, 2.75) is 19.6 Å². The van der Waals surface area contributed by atoms with Crippen molar-refractivity contribution < 1.29 is 8.83 Å². The minimum Gasteiger partial charge on any atom is -0.469 e. The van der Waals surface area contributed by atoms with E-state index in [1.165, 1.54) is 6.26 Å². The van der Waals surface area contributed by atoms with Gasteiger partial charge in [0.05, 0.1) is 14.3 Å². The van der Waals surface area contributed by atoms with E-state index in [-0.39, 0.29) is 5.63 Å². The summed E-state index contributed by atoms with van der Waals surface area (Å²) in [5, 5.41) is 0.850. The average Bonchev–Trinajstić information content (AvgIpc) is 2.38. The van der Waals surface area contributed by atoms with Gasteiger partial charge in [-0.3, -0.25) is 0 Å². The predicted molar refractivity (Wildman–Crippen MR) is 56.8 cm³/mol. The zero-order valence-corrected chi connectivity index (χ0v) is 9.46. The molecule has 0 aromatic heterocycles. The van der Waals surface area contributed by atoms with E-state index in [0.29, 0.717) is 5.76 Å². The van der Waals surface area contributed by atoms with Gasteiger partial charge < -0.3 is 8.83 Å². The number of rotatable bonds is 1. The summed E-state index contributed by atoms with van der Waals surface area (Å²) in [7, 11) is -1.64. The van der Waals surface area contributed by atoms with Crippen molar-refractivity contribution in [3.63, 3.8) is 0 Å². The Morgan fingerprint density at radius 2 is 2.00 bits per heavy atom. The van der Waals surface area contributed by atoms with E-state index in [1.54, 1.807) is 12.3 Å². The molecule has 0 radical (unpaired) electrons. The van der Waals surface area contributed by atoms with E-state index in [1.807, 2.05) is 0 Å². The van der Waals surface area contributed by atoms with Crippen molar-refractivity contribution in [1.29, 1.82) is 0 Å². The van der Waals surface area contributed by atoms with Crippen molar-refractivity contribution in [3.05, 3.63) is 29.0 Å². The van der Waals surface area contributed by atoms with Crippen LogP contribution in [0.15, 0.2) is 32.2 Å². The highest BCUT2D eigenvalue weighted by molar-refractivity contribution is 6.89. The molecule has 0 saturated heterocycles. The van der Waals surface area contributed by atoms with Crippen LogP contribution in [-0.4, -0.2) is 8.07 Å². The first-order valence-electron chi connectivity index (χ1n) is 4.49. The van der Waals surface area contributed by atoms with Gasteiger partial charge in [0.1, 0.15) is 6.26 Å². The first kappa shape index (κ1) is 9.27. The largest absolute Gasteiger partial charge is 0.469 e. The van der Waals surface area contributed by atoms with Gasteiger partial charge in [-0.15, -0.1) is 0 Å². The summed E-state index contributed by atoms with van der Waals surface area (Å²) < 4.78 is 10.1. The maximum absolute atomic E-state index is 11.6. The van der Waals surface area contributed by atoms with Gasteiger partial charge in [0.2, 0.25) is 0 Å². The first-order chi connectivity index (χ1) is 6.50. The molecule has 2 aliphatic rings. The van der Waals surface area contributed by atoms with Crippen LogP contribution in [0.4, 0.5) is 0 Å². The first-order valence-corrected chi connectivity index (χ1v) is 7.99. The van der Waals surface area contributed by atoms with Gasteiger partial charge in [-0.2, -0.15) is 0 Å². The fourth-order valence-corrected chi connectivity index (χ4v) is 3.29. The summed E-state index contributed by atoms with van der Waals surface area (Å²) >= 11 is 0. The molecule has 74 valence electrons. The average molecular weight is 208 g/mol. The van der Waals surface area contributed by atoms with Gasteiger partial charge in [-0.25, -0.2) is 4.79 Å². The van der Waals surface area contributed by atoms with Crippen LogP contribution < -0.4 is 10.8 Å². The van der Waals surface area contributed by atoms with E-state index in [2.05, 4.69) is 19.6 Å². The number of furan rings is 1. The minimum absolute atomic E-state index is 0.208. The molecule has 0 aromatic rings. The van der Waals surface area contributed by atoms with Crippen molar-refractivity contribution in [2.75, 3.05) is 0 Å². The van der Waals surface area contributed by atoms with Gasteiger partial charge in [0, 0.05) is 10.8 Å². The van der Waals surface area contributed by atoms with Gasteiger partial charge in [0.15, 0.2) is 5.76 Å². The Kier molecular flexibility index (Phi) is 1.89. The molecular formula is C10H12O3Si. The minimum atomic E-state index is -1.64. The quantitative estimate of drug-likeness (QED) is 0.672. The molecule has 0 aliphatic carbocycles. The van der Waals surface area contributed by atoms with Crippen LogP contribution in [0.3, 0.4) is 0 Å². The second kappa shape index (κ2) is 2.85. The second-order valence-corrected chi connectivity index (χ2v) is 9.35. The van der Waals surface area contributed by atoms with Crippen molar-refractivity contribution in [2.24, 2.45) is 0 Å². The van der Waals surface area contributed by atoms with Gasteiger partial charge in [0.25, 0.3) is 0 Å². The fraction of sp³-hybridized carbons (Fsp3) is 0.300. The van der Waals surface area contributed by atoms with Crippen LogP contribution in [0.1, 0.15) is 0 Å². The predicted octanol–water partition coefficient (Wildman–Crippen LogP) is 1.88. The maximum Gasteiger partial charge on any atom is 0.336 e. The summed E-state index contributed by atoms with van der Waals surface area (Å²) in [5.74, 6) is 0.551. The molecule has 4 heteroatoms. The maximum atomic E-state index is 11.6. The van der Waals surface area contributed by atoms with E-state index in [0.717, 1.165) is 10.8 Å². The normalized spacial score (nSPS) is 12.2. The Balaban J connectivity index is 2.79. The molecular weight excluding hydrogens is 196 g/mol. The molecule has 0 atom stereocenters. The summed E-state index contributed by atoms with van der Waals surface area (Å²) in [6, 6.07) is 1.80. The van der Waals surface area contributed by atoms with Crippen LogP contribution in [0.5, 0.6) is 0 Å². The highest BCUT2D eigenvalue weighted by Gasteiger charge is 2.29. The van der Waals surface area contributed by atoms with Crippen LogP contribution in [0.2, 0.25) is 19.6 Å². The molecule has 0 amide bonds. The fourth-order valence-electron chi connectivity index (χ4n) is 1.61. The third-order valence-corrected chi connectivity index (χ3v) is 4.15. The Hall–Kier alpha value is -1.29. The van der Waals surface area contributed by atoms with Crippen molar-refractivity contribution in [3.8, 4) is 11.3 Å². The van der Waals surface area contributed by atoms with Gasteiger partial charge >= 0.3 is 5.63 Å². The summed E-state index contributed by atoms with van der Waals surface area (Å²) in [5.41, 5.74) is 0.695. The molecule has 2 heterocycles. The molecule has 14 heavy (non-hydrogen) atoms. The molecule has 0 aromatic carbocycles. The van der Waals surface area contributed by atoms with E-state index in [9.17, 15) is 4.79 Å². The van der Waals surface area contributed by atoms with E-state index in [4.69, 9.17) is 8.83 Å². The molecule has 0 N–H and O–H groups in total. The third kappa shape index (κ3) is 1.31. The highest BCUT2D eigenvalue weighted by atomic mass is 28.3. The third-order valence-electron chi connectivity index (χ3n) is 2.18. The molecule has 0 spiro atoms. The lowest BCUT2D eigenvalue weighted by Gasteiger charge is -2.13. The zero-order chi connectivity index (χ0) is 10.3. The van der Waals surface area contributed by atoms with Crippen LogP contribution in [-0.2, 0) is 0 Å². The topological polar surface area (TPSA) is 43.4 Å². The molecule has 0 fully saturated rings.